The second-order valence-electron chi connectivity index (χ2n) is 5.57. The molecule has 27 heavy (non-hydrogen) atoms. The Hall–Kier alpha value is -3.06. The van der Waals surface area contributed by atoms with E-state index in [1.807, 2.05) is 0 Å². The quantitative estimate of drug-likeness (QED) is 0.594. The van der Waals surface area contributed by atoms with Crippen LogP contribution in [0.5, 0.6) is 5.75 Å². The Balaban J connectivity index is 2.12. The molecule has 0 heterocycles. The van der Waals surface area contributed by atoms with Gasteiger partial charge in [0.05, 0.1) is 40.7 Å². The first-order chi connectivity index (χ1) is 12.8. The SMILES string of the molecule is CCOc1cc(NCC(=O)Nc2ccccc2C(=O)O)c(Cl)cc1C(C)=O. The number of ether oxygens (including phenoxy) is 1. The van der Waals surface area contributed by atoms with Crippen LogP contribution in [0.3, 0.4) is 0 Å². The summed E-state index contributed by atoms with van der Waals surface area (Å²) in [7, 11) is 0. The first kappa shape index (κ1) is 20.3. The monoisotopic (exact) mass is 390 g/mol. The van der Waals surface area contributed by atoms with Crippen LogP contribution in [-0.4, -0.2) is 35.9 Å². The van der Waals surface area contributed by atoms with Crippen LogP contribution in [0, 0.1) is 0 Å². The minimum Gasteiger partial charge on any atom is -0.493 e. The van der Waals surface area contributed by atoms with Crippen LogP contribution in [0.1, 0.15) is 34.6 Å². The number of carbonyl (C=O) groups excluding carboxylic acids is 2. The van der Waals surface area contributed by atoms with Crippen LogP contribution in [0.4, 0.5) is 11.4 Å². The molecule has 1 amide bonds. The Labute approximate surface area is 161 Å². The van der Waals surface area contributed by atoms with Gasteiger partial charge in [-0.05, 0) is 32.0 Å². The molecule has 2 rings (SSSR count). The van der Waals surface area contributed by atoms with Crippen molar-refractivity contribution in [1.29, 1.82) is 0 Å². The van der Waals surface area contributed by atoms with Crippen molar-refractivity contribution in [3.63, 3.8) is 0 Å². The van der Waals surface area contributed by atoms with Crippen molar-refractivity contribution in [3.8, 4) is 5.75 Å². The first-order valence-electron chi connectivity index (χ1n) is 8.16. The molecule has 0 aromatic heterocycles. The molecule has 142 valence electrons. The predicted molar refractivity (Wildman–Crippen MR) is 103 cm³/mol. The molecular weight excluding hydrogens is 372 g/mol. The lowest BCUT2D eigenvalue weighted by Gasteiger charge is -2.14. The van der Waals surface area contributed by atoms with Crippen LogP contribution in [-0.2, 0) is 4.79 Å². The zero-order valence-corrected chi connectivity index (χ0v) is 15.6. The van der Waals surface area contributed by atoms with Gasteiger partial charge in [0.25, 0.3) is 0 Å². The third-order valence-corrected chi connectivity index (χ3v) is 3.93. The highest BCUT2D eigenvalue weighted by molar-refractivity contribution is 6.33. The fourth-order valence-corrected chi connectivity index (χ4v) is 2.62. The third kappa shape index (κ3) is 5.21. The number of carboxylic acid groups (broad SMARTS) is 1. The predicted octanol–water partition coefficient (Wildman–Crippen LogP) is 3.69. The molecule has 0 radical (unpaired) electrons. The Morgan fingerprint density at radius 1 is 1.11 bits per heavy atom. The molecule has 7 nitrogen and oxygen atoms in total. The molecule has 0 saturated carbocycles. The molecule has 0 fully saturated rings. The lowest BCUT2D eigenvalue weighted by Crippen LogP contribution is -2.23. The van der Waals surface area contributed by atoms with E-state index in [2.05, 4.69) is 10.6 Å². The summed E-state index contributed by atoms with van der Waals surface area (Å²) < 4.78 is 5.45. The number of benzene rings is 2. The topological polar surface area (TPSA) is 105 Å². The fraction of sp³-hybridized carbons (Fsp3) is 0.211. The number of halogens is 1. The molecule has 0 unspecified atom stereocenters. The third-order valence-electron chi connectivity index (χ3n) is 3.62. The Morgan fingerprint density at radius 3 is 2.44 bits per heavy atom. The molecular formula is C19H19ClN2O5. The lowest BCUT2D eigenvalue weighted by atomic mass is 10.1. The number of carbonyl (C=O) groups is 3. The number of amides is 1. The van der Waals surface area contributed by atoms with Gasteiger partial charge in [-0.3, -0.25) is 9.59 Å². The van der Waals surface area contributed by atoms with Gasteiger partial charge in [-0.1, -0.05) is 23.7 Å². The van der Waals surface area contributed by atoms with Crippen LogP contribution < -0.4 is 15.4 Å². The smallest absolute Gasteiger partial charge is 0.337 e. The highest BCUT2D eigenvalue weighted by Gasteiger charge is 2.15. The van der Waals surface area contributed by atoms with Gasteiger partial charge in [0.15, 0.2) is 5.78 Å². The van der Waals surface area contributed by atoms with Crippen molar-refractivity contribution < 1.29 is 24.2 Å². The lowest BCUT2D eigenvalue weighted by molar-refractivity contribution is -0.114. The molecule has 0 aliphatic carbocycles. The molecule has 0 atom stereocenters. The number of Topliss-reactive ketones (excluding diaryl/α,β-unsaturated/α-hetero) is 1. The molecule has 0 spiro atoms. The van der Waals surface area contributed by atoms with Crippen molar-refractivity contribution >= 4 is 40.6 Å². The minimum atomic E-state index is -1.14. The highest BCUT2D eigenvalue weighted by atomic mass is 35.5. The van der Waals surface area contributed by atoms with E-state index < -0.39 is 11.9 Å². The maximum atomic E-state index is 12.2. The summed E-state index contributed by atoms with van der Waals surface area (Å²) in [4.78, 5) is 35.0. The van der Waals surface area contributed by atoms with Gasteiger partial charge in [-0.25, -0.2) is 4.79 Å². The van der Waals surface area contributed by atoms with Gasteiger partial charge in [0.1, 0.15) is 5.75 Å². The van der Waals surface area contributed by atoms with Gasteiger partial charge in [-0.2, -0.15) is 0 Å². The molecule has 8 heteroatoms. The van der Waals surface area contributed by atoms with Gasteiger partial charge >= 0.3 is 5.97 Å². The van der Waals surface area contributed by atoms with Crippen molar-refractivity contribution in [2.45, 2.75) is 13.8 Å². The van der Waals surface area contributed by atoms with E-state index in [1.165, 1.54) is 25.1 Å². The summed E-state index contributed by atoms with van der Waals surface area (Å²) in [6.45, 7) is 3.42. The maximum Gasteiger partial charge on any atom is 0.337 e. The molecule has 3 N–H and O–H groups in total. The standard InChI is InChI=1S/C19H19ClN2O5/c1-3-27-17-9-16(14(20)8-13(17)11(2)23)21-10-18(24)22-15-7-5-4-6-12(15)19(25)26/h4-9,21H,3,10H2,1-2H3,(H,22,24)(H,25,26). The Morgan fingerprint density at radius 2 is 1.81 bits per heavy atom. The summed E-state index contributed by atoms with van der Waals surface area (Å²) in [6.07, 6.45) is 0. The molecule has 0 aliphatic heterocycles. The van der Waals surface area contributed by atoms with Gasteiger partial charge in [-0.15, -0.1) is 0 Å². The average molecular weight is 391 g/mol. The number of carboxylic acids is 1. The molecule has 0 bridgehead atoms. The van der Waals surface area contributed by atoms with Crippen molar-refractivity contribution in [1.82, 2.24) is 0 Å². The summed E-state index contributed by atoms with van der Waals surface area (Å²) in [5.41, 5.74) is 0.970. The van der Waals surface area contributed by atoms with Crippen molar-refractivity contribution in [2.24, 2.45) is 0 Å². The number of hydrogen-bond donors (Lipinski definition) is 3. The van der Waals surface area contributed by atoms with Crippen LogP contribution in [0.25, 0.3) is 0 Å². The van der Waals surface area contributed by atoms with E-state index in [9.17, 15) is 14.4 Å². The van der Waals surface area contributed by atoms with E-state index >= 15 is 0 Å². The highest BCUT2D eigenvalue weighted by Crippen LogP contribution is 2.31. The number of hydrogen-bond acceptors (Lipinski definition) is 5. The molecule has 0 aliphatic rings. The van der Waals surface area contributed by atoms with E-state index in [0.29, 0.717) is 23.6 Å². The second kappa shape index (κ2) is 9.05. The van der Waals surface area contributed by atoms with Crippen LogP contribution >= 0.6 is 11.6 Å². The summed E-state index contributed by atoms with van der Waals surface area (Å²) in [5.74, 6) is -1.40. The fourth-order valence-electron chi connectivity index (χ4n) is 2.39. The van der Waals surface area contributed by atoms with E-state index in [-0.39, 0.29) is 28.6 Å². The number of ketones is 1. The van der Waals surface area contributed by atoms with E-state index in [1.54, 1.807) is 25.1 Å². The first-order valence-corrected chi connectivity index (χ1v) is 8.54. The molecule has 0 saturated heterocycles. The Bertz CT molecular complexity index is 882. The number of nitrogens with one attached hydrogen (secondary N) is 2. The zero-order valence-electron chi connectivity index (χ0n) is 14.8. The van der Waals surface area contributed by atoms with Crippen LogP contribution in [0.2, 0.25) is 5.02 Å². The van der Waals surface area contributed by atoms with Crippen molar-refractivity contribution in [2.75, 3.05) is 23.8 Å². The number of aromatic carboxylic acids is 1. The normalized spacial score (nSPS) is 10.2. The van der Waals surface area contributed by atoms with Crippen molar-refractivity contribution in [3.05, 3.63) is 52.5 Å². The number of rotatable bonds is 8. The minimum absolute atomic E-state index is 0.00618. The largest absolute Gasteiger partial charge is 0.493 e. The molecule has 2 aromatic rings. The van der Waals surface area contributed by atoms with Gasteiger partial charge in [0, 0.05) is 6.07 Å². The van der Waals surface area contributed by atoms with E-state index in [0.717, 1.165) is 0 Å². The van der Waals surface area contributed by atoms with Gasteiger partial charge in [0.2, 0.25) is 5.91 Å². The Kier molecular flexibility index (Phi) is 6.79. The average Bonchev–Trinajstić information content (AvgIpc) is 2.62. The van der Waals surface area contributed by atoms with Crippen LogP contribution in [0.15, 0.2) is 36.4 Å². The zero-order chi connectivity index (χ0) is 20.0. The van der Waals surface area contributed by atoms with Gasteiger partial charge < -0.3 is 20.5 Å². The summed E-state index contributed by atoms with van der Waals surface area (Å²) in [6, 6.07) is 9.14. The van der Waals surface area contributed by atoms with E-state index in [4.69, 9.17) is 21.4 Å². The second-order valence-corrected chi connectivity index (χ2v) is 5.98. The maximum absolute atomic E-state index is 12.2. The number of anilines is 2. The summed E-state index contributed by atoms with van der Waals surface area (Å²) in [5, 5.41) is 14.8. The molecule has 2 aromatic carbocycles. The number of para-hydroxylation sites is 1. The summed E-state index contributed by atoms with van der Waals surface area (Å²) >= 11 is 6.18.